The molecule has 2 amide bonds. The molecular formula is C29H33N5O5S2. The average Bonchev–Trinajstić information content (AvgIpc) is 3.55. The van der Waals surface area contributed by atoms with Crippen LogP contribution < -0.4 is 10.0 Å². The lowest BCUT2D eigenvalue weighted by atomic mass is 9.86. The van der Waals surface area contributed by atoms with Crippen molar-refractivity contribution in [3.8, 4) is 16.5 Å². The summed E-state index contributed by atoms with van der Waals surface area (Å²) in [7, 11) is -4.14. The van der Waals surface area contributed by atoms with Gasteiger partial charge in [0.05, 0.1) is 38.7 Å². The first-order valence-corrected chi connectivity index (χ1v) is 15.4. The Morgan fingerprint density at radius 3 is 2.39 bits per heavy atom. The highest BCUT2D eigenvalue weighted by Crippen LogP contribution is 2.29. The number of sulfonamides is 1. The van der Waals surface area contributed by atoms with Crippen LogP contribution in [0.5, 0.6) is 0 Å². The Morgan fingerprint density at radius 1 is 1.17 bits per heavy atom. The largest absolute Gasteiger partial charge is 0.391 e. The van der Waals surface area contributed by atoms with Crippen molar-refractivity contribution in [1.29, 1.82) is 5.26 Å². The second-order valence-corrected chi connectivity index (χ2v) is 13.7. The molecule has 0 aliphatic carbocycles. The van der Waals surface area contributed by atoms with Gasteiger partial charge in [-0.15, -0.1) is 11.3 Å². The molecule has 1 aliphatic rings. The van der Waals surface area contributed by atoms with E-state index < -0.39 is 45.4 Å². The number of thiazole rings is 1. The molecule has 41 heavy (non-hydrogen) atoms. The molecule has 3 N–H and O–H groups in total. The van der Waals surface area contributed by atoms with Crippen LogP contribution in [0.3, 0.4) is 0 Å². The molecule has 1 aliphatic heterocycles. The third kappa shape index (κ3) is 7.00. The summed E-state index contributed by atoms with van der Waals surface area (Å²) in [6, 6.07) is 12.9. The molecule has 4 rings (SSSR count). The molecule has 10 nitrogen and oxygen atoms in total. The standard InChI is InChI=1S/C29H33N5O5S2/c1-18-25(40-17-32-18)21-9-5-20(6-10-21)15-31-27(36)24-13-22(35)16-34(24)28(37)26(29(2,3)4)33-41(38,39)23-11-7-19(14-30)8-12-23/h5-12,17,22,24,26,33,35H,13,15-16H2,1-4H3,(H,31,36)/t22-,24+,26-/m1/s1. The van der Waals surface area contributed by atoms with Crippen molar-refractivity contribution < 1.29 is 23.1 Å². The molecule has 0 radical (unpaired) electrons. The van der Waals surface area contributed by atoms with Gasteiger partial charge < -0.3 is 15.3 Å². The van der Waals surface area contributed by atoms with Gasteiger partial charge in [-0.1, -0.05) is 45.0 Å². The SMILES string of the molecule is Cc1ncsc1-c1ccc(CNC(=O)[C@@H]2C[C@@H](O)CN2C(=O)[C@@H](NS(=O)(=O)c2ccc(C#N)cc2)C(C)(C)C)cc1. The summed E-state index contributed by atoms with van der Waals surface area (Å²) in [6.45, 7) is 7.24. The van der Waals surface area contributed by atoms with E-state index in [9.17, 15) is 23.1 Å². The molecule has 2 aromatic carbocycles. The van der Waals surface area contributed by atoms with Gasteiger partial charge in [0.1, 0.15) is 12.1 Å². The number of nitrogens with zero attached hydrogens (tertiary/aromatic N) is 3. The van der Waals surface area contributed by atoms with Crippen LogP contribution in [0.2, 0.25) is 0 Å². The fourth-order valence-electron chi connectivity index (χ4n) is 4.66. The smallest absolute Gasteiger partial charge is 0.243 e. The second-order valence-electron chi connectivity index (χ2n) is 11.1. The number of likely N-dealkylation sites (tertiary alicyclic amines) is 1. The number of hydrogen-bond donors (Lipinski definition) is 3. The molecule has 12 heteroatoms. The summed E-state index contributed by atoms with van der Waals surface area (Å²) in [5, 5.41) is 22.3. The van der Waals surface area contributed by atoms with E-state index in [-0.39, 0.29) is 24.4 Å². The minimum absolute atomic E-state index is 0.0421. The number of aliphatic hydroxyl groups excluding tert-OH is 1. The van der Waals surface area contributed by atoms with E-state index in [0.717, 1.165) is 21.7 Å². The van der Waals surface area contributed by atoms with Crippen LogP contribution in [0, 0.1) is 23.7 Å². The number of nitriles is 1. The Kier molecular flexibility index (Phi) is 8.94. The molecule has 1 fully saturated rings. The number of benzene rings is 2. The third-order valence-corrected chi connectivity index (χ3v) is 9.39. The fraction of sp³-hybridized carbons (Fsp3) is 0.379. The Hall–Kier alpha value is -3.63. The van der Waals surface area contributed by atoms with E-state index in [4.69, 9.17) is 5.26 Å². The number of carbonyl (C=O) groups is 2. The van der Waals surface area contributed by atoms with Gasteiger partial charge in [-0.2, -0.15) is 9.98 Å². The number of hydrogen-bond acceptors (Lipinski definition) is 8. The molecule has 0 spiro atoms. The summed E-state index contributed by atoms with van der Waals surface area (Å²) >= 11 is 1.56. The van der Waals surface area contributed by atoms with E-state index in [1.165, 1.54) is 29.2 Å². The first-order valence-electron chi connectivity index (χ1n) is 13.1. The number of aryl methyl sites for hydroxylation is 1. The van der Waals surface area contributed by atoms with E-state index >= 15 is 0 Å². The number of rotatable bonds is 8. The van der Waals surface area contributed by atoms with Crippen molar-refractivity contribution in [1.82, 2.24) is 19.9 Å². The molecule has 3 aromatic rings. The number of carbonyl (C=O) groups excluding carboxylic acids is 2. The average molecular weight is 596 g/mol. The summed E-state index contributed by atoms with van der Waals surface area (Å²) in [4.78, 5) is 33.5. The molecule has 1 saturated heterocycles. The normalized spacial score (nSPS) is 18.1. The predicted octanol–water partition coefficient (Wildman–Crippen LogP) is 2.96. The lowest BCUT2D eigenvalue weighted by Crippen LogP contribution is -2.57. The monoisotopic (exact) mass is 595 g/mol. The topological polar surface area (TPSA) is 152 Å². The maximum absolute atomic E-state index is 13.8. The Labute approximate surface area is 244 Å². The number of amides is 2. The summed E-state index contributed by atoms with van der Waals surface area (Å²) < 4.78 is 28.8. The summed E-state index contributed by atoms with van der Waals surface area (Å²) in [5.74, 6) is -1.03. The Balaban J connectivity index is 1.47. The van der Waals surface area contributed by atoms with Crippen molar-refractivity contribution >= 4 is 33.2 Å². The van der Waals surface area contributed by atoms with Gasteiger partial charge in [-0.25, -0.2) is 13.4 Å². The van der Waals surface area contributed by atoms with Crippen LogP contribution in [-0.2, 0) is 26.2 Å². The molecule has 2 heterocycles. The van der Waals surface area contributed by atoms with Crippen LogP contribution in [-0.4, -0.2) is 60.0 Å². The predicted molar refractivity (Wildman–Crippen MR) is 155 cm³/mol. The lowest BCUT2D eigenvalue weighted by molar-refractivity contribution is -0.141. The Morgan fingerprint density at radius 2 is 1.83 bits per heavy atom. The highest BCUT2D eigenvalue weighted by Gasteiger charge is 2.45. The highest BCUT2D eigenvalue weighted by atomic mass is 32.2. The third-order valence-electron chi connectivity index (χ3n) is 6.97. The number of aliphatic hydroxyl groups is 1. The van der Waals surface area contributed by atoms with Gasteiger partial charge in [0.15, 0.2) is 0 Å². The number of aromatic nitrogens is 1. The number of β-amino-alcohol motifs (C(OH)–C–C–N with tert-alkyl or cyclic N) is 1. The zero-order chi connectivity index (χ0) is 29.9. The van der Waals surface area contributed by atoms with Gasteiger partial charge in [-0.05, 0) is 47.7 Å². The maximum atomic E-state index is 13.8. The molecule has 216 valence electrons. The van der Waals surface area contributed by atoms with Crippen molar-refractivity contribution in [3.05, 3.63) is 70.9 Å². The van der Waals surface area contributed by atoms with E-state index in [0.29, 0.717) is 5.56 Å². The fourth-order valence-corrected chi connectivity index (χ4v) is 6.87. The van der Waals surface area contributed by atoms with Gasteiger partial charge in [0.25, 0.3) is 0 Å². The summed E-state index contributed by atoms with van der Waals surface area (Å²) in [5.41, 5.74) is 4.09. The summed E-state index contributed by atoms with van der Waals surface area (Å²) in [6.07, 6.45) is -0.882. The first-order chi connectivity index (χ1) is 19.3. The van der Waals surface area contributed by atoms with Crippen LogP contribution >= 0.6 is 11.3 Å². The molecule has 0 bridgehead atoms. The zero-order valence-electron chi connectivity index (χ0n) is 23.3. The molecule has 0 saturated carbocycles. The van der Waals surface area contributed by atoms with Crippen LogP contribution in [0.25, 0.3) is 10.4 Å². The maximum Gasteiger partial charge on any atom is 0.243 e. The number of nitrogens with one attached hydrogen (secondary N) is 2. The van der Waals surface area contributed by atoms with Crippen molar-refractivity contribution in [2.75, 3.05) is 6.54 Å². The van der Waals surface area contributed by atoms with Gasteiger partial charge >= 0.3 is 0 Å². The van der Waals surface area contributed by atoms with Gasteiger partial charge in [0.2, 0.25) is 21.8 Å². The van der Waals surface area contributed by atoms with E-state index in [1.807, 2.05) is 37.3 Å². The van der Waals surface area contributed by atoms with Gasteiger partial charge in [-0.3, -0.25) is 9.59 Å². The molecular weight excluding hydrogens is 562 g/mol. The van der Waals surface area contributed by atoms with Crippen LogP contribution in [0.1, 0.15) is 44.0 Å². The first kappa shape index (κ1) is 30.3. The van der Waals surface area contributed by atoms with Gasteiger partial charge in [0, 0.05) is 19.5 Å². The molecule has 3 atom stereocenters. The van der Waals surface area contributed by atoms with Crippen LogP contribution in [0.15, 0.2) is 58.9 Å². The quantitative estimate of drug-likeness (QED) is 0.362. The van der Waals surface area contributed by atoms with Crippen molar-refractivity contribution in [2.24, 2.45) is 5.41 Å². The van der Waals surface area contributed by atoms with Crippen molar-refractivity contribution in [3.63, 3.8) is 0 Å². The minimum Gasteiger partial charge on any atom is -0.391 e. The van der Waals surface area contributed by atoms with Crippen LogP contribution in [0.4, 0.5) is 0 Å². The molecule has 0 unspecified atom stereocenters. The lowest BCUT2D eigenvalue weighted by Gasteiger charge is -2.35. The minimum atomic E-state index is -4.14. The Bertz CT molecular complexity index is 1550. The molecule has 1 aromatic heterocycles. The highest BCUT2D eigenvalue weighted by molar-refractivity contribution is 7.89. The van der Waals surface area contributed by atoms with Crippen molar-refractivity contribution in [2.45, 2.75) is 63.7 Å². The second kappa shape index (κ2) is 12.1. The van der Waals surface area contributed by atoms with E-state index in [1.54, 1.807) is 37.6 Å². The van der Waals surface area contributed by atoms with E-state index in [2.05, 4.69) is 15.0 Å². The zero-order valence-corrected chi connectivity index (χ0v) is 24.9.